The van der Waals surface area contributed by atoms with Gasteiger partial charge in [-0.25, -0.2) is 3.11 Å². The molecule has 1 rings (SSSR count). The van der Waals surface area contributed by atoms with Gasteiger partial charge < -0.3 is 0 Å². The Balaban J connectivity index is 2.12. The molecule has 0 bridgehead atoms. The van der Waals surface area contributed by atoms with Crippen LogP contribution in [-0.4, -0.2) is 27.7 Å². The van der Waals surface area contributed by atoms with E-state index in [-0.39, 0.29) is 0 Å². The van der Waals surface area contributed by atoms with E-state index in [4.69, 9.17) is 0 Å². The van der Waals surface area contributed by atoms with Gasteiger partial charge in [-0.15, -0.1) is 0 Å². The summed E-state index contributed by atoms with van der Waals surface area (Å²) in [5, 5.41) is 0. The molecule has 1 aliphatic heterocycles. The lowest BCUT2D eigenvalue weighted by Gasteiger charge is -2.18. The first kappa shape index (κ1) is 6.16. The zero-order valence-electron chi connectivity index (χ0n) is 4.06. The highest BCUT2D eigenvalue weighted by Crippen LogP contribution is 2.11. The second-order valence-corrected chi connectivity index (χ2v) is 4.11. The summed E-state index contributed by atoms with van der Waals surface area (Å²) in [5.41, 5.74) is 0. The van der Waals surface area contributed by atoms with Gasteiger partial charge in [0.25, 0.3) is 0 Å². The van der Waals surface area contributed by atoms with E-state index < -0.39 is 0 Å². The number of halogens is 1. The molecule has 3 heteroatoms. The van der Waals surface area contributed by atoms with Crippen LogP contribution in [0, 0.1) is 0 Å². The summed E-state index contributed by atoms with van der Waals surface area (Å²) < 4.78 is 2.34. The molecule has 0 aromatic carbocycles. The van der Waals surface area contributed by atoms with Crippen LogP contribution in [0.4, 0.5) is 0 Å². The van der Waals surface area contributed by atoms with Gasteiger partial charge in [0.2, 0.25) is 0 Å². The van der Waals surface area contributed by atoms with Crippen LogP contribution in [0.1, 0.15) is 0 Å². The van der Waals surface area contributed by atoms with Crippen molar-refractivity contribution in [3.05, 3.63) is 0 Å². The first-order valence-corrected chi connectivity index (χ1v) is 4.50. The Hall–Kier alpha value is 1.04. The normalized spacial score (nSPS) is 25.3. The monoisotopic (exact) mass is 229 g/mol. The lowest BCUT2D eigenvalue weighted by Crippen LogP contribution is -2.22. The SMILES string of the molecule is IN1CCSCC1. The van der Waals surface area contributed by atoms with Crippen molar-refractivity contribution in [1.29, 1.82) is 0 Å². The molecule has 0 amide bonds. The van der Waals surface area contributed by atoms with Gasteiger partial charge in [0.15, 0.2) is 0 Å². The van der Waals surface area contributed by atoms with E-state index in [0.717, 1.165) is 0 Å². The van der Waals surface area contributed by atoms with Gasteiger partial charge in [0.1, 0.15) is 0 Å². The van der Waals surface area contributed by atoms with E-state index in [1.807, 2.05) is 0 Å². The molecule has 0 radical (unpaired) electrons. The Bertz CT molecular complexity index is 53.7. The fourth-order valence-corrected chi connectivity index (χ4v) is 2.58. The average molecular weight is 229 g/mol. The molecule has 0 spiro atoms. The maximum absolute atomic E-state index is 2.38. The average Bonchev–Trinajstić information content (AvgIpc) is 1.69. The van der Waals surface area contributed by atoms with Crippen LogP contribution in [-0.2, 0) is 0 Å². The second kappa shape index (κ2) is 3.14. The summed E-state index contributed by atoms with van der Waals surface area (Å²) in [6, 6.07) is 0. The van der Waals surface area contributed by atoms with Crippen LogP contribution >= 0.6 is 34.6 Å². The van der Waals surface area contributed by atoms with E-state index in [1.54, 1.807) is 0 Å². The van der Waals surface area contributed by atoms with Gasteiger partial charge >= 0.3 is 0 Å². The Labute approximate surface area is 62.3 Å². The van der Waals surface area contributed by atoms with Crippen LogP contribution < -0.4 is 0 Å². The molecule has 0 atom stereocenters. The van der Waals surface area contributed by atoms with E-state index in [1.165, 1.54) is 24.6 Å². The molecule has 0 N–H and O–H groups in total. The van der Waals surface area contributed by atoms with Gasteiger partial charge in [-0.3, -0.25) is 0 Å². The number of rotatable bonds is 0. The molecule has 0 aromatic heterocycles. The minimum Gasteiger partial charge on any atom is -0.246 e. The predicted octanol–water partition coefficient (Wildman–Crippen LogP) is 1.39. The zero-order chi connectivity index (χ0) is 5.11. The van der Waals surface area contributed by atoms with Crippen LogP contribution in [0.15, 0.2) is 0 Å². The molecule has 1 fully saturated rings. The standard InChI is InChI=1S/C4H8INS/c5-6-1-3-7-4-2-6/h1-4H2. The van der Waals surface area contributed by atoms with Crippen molar-refractivity contribution in [2.75, 3.05) is 24.6 Å². The minimum atomic E-state index is 1.27. The highest BCUT2D eigenvalue weighted by Gasteiger charge is 2.04. The first-order chi connectivity index (χ1) is 3.39. The minimum absolute atomic E-state index is 1.27. The van der Waals surface area contributed by atoms with Crippen molar-refractivity contribution in [1.82, 2.24) is 3.11 Å². The second-order valence-electron chi connectivity index (χ2n) is 1.52. The fraction of sp³-hybridized carbons (Fsp3) is 1.00. The highest BCUT2D eigenvalue weighted by molar-refractivity contribution is 14.1. The molecule has 1 aliphatic rings. The Kier molecular flexibility index (Phi) is 2.77. The molecule has 1 saturated heterocycles. The van der Waals surface area contributed by atoms with E-state index in [2.05, 4.69) is 37.7 Å². The van der Waals surface area contributed by atoms with Crippen molar-refractivity contribution in [2.24, 2.45) is 0 Å². The fourth-order valence-electron chi connectivity index (χ4n) is 0.541. The van der Waals surface area contributed by atoms with Crippen LogP contribution in [0.3, 0.4) is 0 Å². The lowest BCUT2D eigenvalue weighted by atomic mass is 10.6. The molecule has 42 valence electrons. The largest absolute Gasteiger partial charge is 0.246 e. The zero-order valence-corrected chi connectivity index (χ0v) is 7.04. The molecular weight excluding hydrogens is 221 g/mol. The molecule has 0 aromatic rings. The number of hydrogen-bond acceptors (Lipinski definition) is 2. The predicted molar refractivity (Wildman–Crippen MR) is 42.9 cm³/mol. The third-order valence-electron chi connectivity index (χ3n) is 0.957. The third kappa shape index (κ3) is 2.19. The Morgan fingerprint density at radius 1 is 1.29 bits per heavy atom. The number of thioether (sulfide) groups is 1. The quantitative estimate of drug-likeness (QED) is 0.456. The first-order valence-electron chi connectivity index (χ1n) is 2.38. The maximum atomic E-state index is 2.38. The maximum Gasteiger partial charge on any atom is 0.0202 e. The molecule has 0 unspecified atom stereocenters. The summed E-state index contributed by atoms with van der Waals surface area (Å²) in [6.07, 6.45) is 0. The van der Waals surface area contributed by atoms with Gasteiger partial charge in [-0.2, -0.15) is 11.8 Å². The Morgan fingerprint density at radius 3 is 2.14 bits per heavy atom. The molecular formula is C4H8INS. The van der Waals surface area contributed by atoms with Gasteiger partial charge in [-0.1, -0.05) is 0 Å². The van der Waals surface area contributed by atoms with E-state index >= 15 is 0 Å². The van der Waals surface area contributed by atoms with Crippen LogP contribution in [0.5, 0.6) is 0 Å². The van der Waals surface area contributed by atoms with Crippen molar-refractivity contribution < 1.29 is 0 Å². The molecule has 7 heavy (non-hydrogen) atoms. The summed E-state index contributed by atoms with van der Waals surface area (Å²) in [7, 11) is 0. The molecule has 1 heterocycles. The summed E-state index contributed by atoms with van der Waals surface area (Å²) in [4.78, 5) is 0. The van der Waals surface area contributed by atoms with E-state index in [0.29, 0.717) is 0 Å². The smallest absolute Gasteiger partial charge is 0.0202 e. The van der Waals surface area contributed by atoms with Crippen molar-refractivity contribution >= 4 is 34.6 Å². The summed E-state index contributed by atoms with van der Waals surface area (Å²) in [6.45, 7) is 2.54. The topological polar surface area (TPSA) is 3.24 Å². The molecule has 0 saturated carbocycles. The molecule has 0 aliphatic carbocycles. The number of nitrogens with zero attached hydrogens (tertiary/aromatic N) is 1. The molecule has 1 nitrogen and oxygen atoms in total. The summed E-state index contributed by atoms with van der Waals surface area (Å²) >= 11 is 4.43. The van der Waals surface area contributed by atoms with Crippen molar-refractivity contribution in [2.45, 2.75) is 0 Å². The van der Waals surface area contributed by atoms with E-state index in [9.17, 15) is 0 Å². The van der Waals surface area contributed by atoms with Crippen LogP contribution in [0.25, 0.3) is 0 Å². The van der Waals surface area contributed by atoms with Gasteiger partial charge in [0, 0.05) is 47.5 Å². The van der Waals surface area contributed by atoms with Crippen molar-refractivity contribution in [3.8, 4) is 0 Å². The van der Waals surface area contributed by atoms with Gasteiger partial charge in [0.05, 0.1) is 0 Å². The van der Waals surface area contributed by atoms with Gasteiger partial charge in [-0.05, 0) is 0 Å². The Morgan fingerprint density at radius 2 is 1.86 bits per heavy atom. The summed E-state index contributed by atoms with van der Waals surface area (Å²) in [5.74, 6) is 2.64. The third-order valence-corrected chi connectivity index (χ3v) is 2.86. The van der Waals surface area contributed by atoms with Crippen LogP contribution in [0.2, 0.25) is 0 Å². The lowest BCUT2D eigenvalue weighted by molar-refractivity contribution is 0.564. The number of hydrogen-bond donors (Lipinski definition) is 0. The highest BCUT2D eigenvalue weighted by atomic mass is 127. The van der Waals surface area contributed by atoms with Crippen molar-refractivity contribution in [3.63, 3.8) is 0 Å².